The Bertz CT molecular complexity index is 486. The molecule has 102 valence electrons. The van der Waals surface area contributed by atoms with Crippen LogP contribution in [0.25, 0.3) is 0 Å². The summed E-state index contributed by atoms with van der Waals surface area (Å²) in [5.41, 5.74) is 1.86. The molecule has 19 heavy (non-hydrogen) atoms. The molecule has 1 N–H and O–H groups in total. The van der Waals surface area contributed by atoms with Crippen LogP contribution >= 0.6 is 0 Å². The van der Waals surface area contributed by atoms with Crippen LogP contribution in [0.2, 0.25) is 0 Å². The van der Waals surface area contributed by atoms with Gasteiger partial charge in [0.15, 0.2) is 0 Å². The summed E-state index contributed by atoms with van der Waals surface area (Å²) in [6.07, 6.45) is 0.256. The minimum absolute atomic E-state index is 0.0642. The second kappa shape index (κ2) is 5.73. The summed E-state index contributed by atoms with van der Waals surface area (Å²) < 4.78 is 5.12. The number of nitrogens with zero attached hydrogens (tertiary/aromatic N) is 1. The van der Waals surface area contributed by atoms with Crippen molar-refractivity contribution in [2.24, 2.45) is 5.92 Å². The summed E-state index contributed by atoms with van der Waals surface area (Å²) in [5.74, 6) is -0.756. The van der Waals surface area contributed by atoms with Gasteiger partial charge in [-0.1, -0.05) is 12.1 Å². The fraction of sp³-hybridized carbons (Fsp3) is 0.429. The summed E-state index contributed by atoms with van der Waals surface area (Å²) in [7, 11) is 0. The molecule has 0 saturated carbocycles. The molecular weight excluding hydrogens is 246 g/mol. The first-order chi connectivity index (χ1) is 9.06. The van der Waals surface area contributed by atoms with E-state index in [-0.39, 0.29) is 18.4 Å². The van der Waals surface area contributed by atoms with Crippen molar-refractivity contribution in [3.8, 4) is 0 Å². The summed E-state index contributed by atoms with van der Waals surface area (Å²) in [6, 6.07) is 7.62. The van der Waals surface area contributed by atoms with E-state index in [9.17, 15) is 9.59 Å². The molecular formula is C14H17NO4. The van der Waals surface area contributed by atoms with Crippen LogP contribution in [0.1, 0.15) is 18.4 Å². The topological polar surface area (TPSA) is 66.8 Å². The molecule has 0 bridgehead atoms. The summed E-state index contributed by atoms with van der Waals surface area (Å²) in [6.45, 7) is 2.77. The number of ether oxygens (including phenoxy) is 1. The van der Waals surface area contributed by atoms with E-state index in [4.69, 9.17) is 9.84 Å². The molecule has 5 nitrogen and oxygen atoms in total. The van der Waals surface area contributed by atoms with Gasteiger partial charge in [0.25, 0.3) is 0 Å². The molecule has 1 saturated heterocycles. The number of amides is 1. The van der Waals surface area contributed by atoms with Crippen molar-refractivity contribution in [3.05, 3.63) is 29.8 Å². The molecule has 0 aliphatic carbocycles. The molecule has 1 atom stereocenters. The third-order valence-corrected chi connectivity index (χ3v) is 3.18. The Hall–Kier alpha value is -2.04. The van der Waals surface area contributed by atoms with Gasteiger partial charge in [0.2, 0.25) is 0 Å². The van der Waals surface area contributed by atoms with Crippen molar-refractivity contribution in [1.82, 2.24) is 0 Å². The fourth-order valence-electron chi connectivity index (χ4n) is 2.16. The first-order valence-corrected chi connectivity index (χ1v) is 6.29. The lowest BCUT2D eigenvalue weighted by Crippen LogP contribution is -2.43. The molecule has 1 aromatic rings. The van der Waals surface area contributed by atoms with Gasteiger partial charge < -0.3 is 9.84 Å². The Balaban J connectivity index is 2.06. The molecule has 1 fully saturated rings. The molecule has 0 spiro atoms. The number of hydrogen-bond donors (Lipinski definition) is 1. The molecule has 0 radical (unpaired) electrons. The average Bonchev–Trinajstić information content (AvgIpc) is 2.37. The van der Waals surface area contributed by atoms with E-state index in [0.29, 0.717) is 19.6 Å². The average molecular weight is 263 g/mol. The van der Waals surface area contributed by atoms with E-state index >= 15 is 0 Å². The van der Waals surface area contributed by atoms with Gasteiger partial charge in [-0.3, -0.25) is 9.69 Å². The highest BCUT2D eigenvalue weighted by molar-refractivity contribution is 5.88. The van der Waals surface area contributed by atoms with E-state index in [1.807, 2.05) is 31.2 Å². The normalized spacial score (nSPS) is 19.1. The van der Waals surface area contributed by atoms with Crippen LogP contribution in [0.4, 0.5) is 10.5 Å². The molecule has 1 aliphatic heterocycles. The lowest BCUT2D eigenvalue weighted by Gasteiger charge is -2.32. The largest absolute Gasteiger partial charge is 0.481 e. The standard InChI is InChI=1S/C14H17NO4/c1-10-3-2-4-12(7-10)15-8-11(5-6-13(16)17)9-19-14(15)18/h2-4,7,11H,5-6,8-9H2,1H3,(H,16,17). The van der Waals surface area contributed by atoms with Crippen LogP contribution in [0.15, 0.2) is 24.3 Å². The van der Waals surface area contributed by atoms with Crippen LogP contribution in [0, 0.1) is 12.8 Å². The van der Waals surface area contributed by atoms with Gasteiger partial charge >= 0.3 is 12.1 Å². The number of cyclic esters (lactones) is 1. The lowest BCUT2D eigenvalue weighted by molar-refractivity contribution is -0.137. The van der Waals surface area contributed by atoms with Crippen molar-refractivity contribution in [3.63, 3.8) is 0 Å². The highest BCUT2D eigenvalue weighted by Gasteiger charge is 2.28. The zero-order valence-electron chi connectivity index (χ0n) is 10.8. The SMILES string of the molecule is Cc1cccc(N2CC(CCC(=O)O)COC2=O)c1. The molecule has 5 heteroatoms. The quantitative estimate of drug-likeness (QED) is 0.906. The number of hydrogen-bond acceptors (Lipinski definition) is 3. The van der Waals surface area contributed by atoms with Gasteiger partial charge in [-0.25, -0.2) is 4.79 Å². The molecule has 1 aromatic carbocycles. The summed E-state index contributed by atoms with van der Waals surface area (Å²) in [4.78, 5) is 23.9. The molecule has 1 unspecified atom stereocenters. The van der Waals surface area contributed by atoms with Crippen LogP contribution < -0.4 is 4.90 Å². The fourth-order valence-corrected chi connectivity index (χ4v) is 2.16. The predicted octanol–water partition coefficient (Wildman–Crippen LogP) is 2.43. The maximum atomic E-state index is 11.8. The highest BCUT2D eigenvalue weighted by atomic mass is 16.6. The van der Waals surface area contributed by atoms with Crippen molar-refractivity contribution >= 4 is 17.7 Å². The Morgan fingerprint density at radius 2 is 2.32 bits per heavy atom. The predicted molar refractivity (Wildman–Crippen MR) is 70.2 cm³/mol. The minimum Gasteiger partial charge on any atom is -0.481 e. The molecule has 1 heterocycles. The van der Waals surface area contributed by atoms with Gasteiger partial charge in [-0.2, -0.15) is 0 Å². The van der Waals surface area contributed by atoms with Gasteiger partial charge in [-0.05, 0) is 31.0 Å². The highest BCUT2D eigenvalue weighted by Crippen LogP contribution is 2.23. The lowest BCUT2D eigenvalue weighted by atomic mass is 10.0. The van der Waals surface area contributed by atoms with Crippen LogP contribution in [-0.2, 0) is 9.53 Å². The van der Waals surface area contributed by atoms with Gasteiger partial charge in [0, 0.05) is 24.6 Å². The number of carbonyl (C=O) groups excluding carboxylic acids is 1. The number of carboxylic acids is 1. The van der Waals surface area contributed by atoms with Crippen molar-refractivity contribution in [1.29, 1.82) is 0 Å². The molecule has 1 aliphatic rings. The maximum Gasteiger partial charge on any atom is 0.414 e. The van der Waals surface area contributed by atoms with Crippen molar-refractivity contribution in [2.75, 3.05) is 18.1 Å². The Morgan fingerprint density at radius 1 is 1.53 bits per heavy atom. The Labute approximate surface area is 111 Å². The van der Waals surface area contributed by atoms with E-state index in [0.717, 1.165) is 11.3 Å². The zero-order valence-corrected chi connectivity index (χ0v) is 10.8. The van der Waals surface area contributed by atoms with E-state index < -0.39 is 5.97 Å². The molecule has 1 amide bonds. The summed E-state index contributed by atoms with van der Waals surface area (Å²) in [5, 5.41) is 8.69. The van der Waals surface area contributed by atoms with Gasteiger partial charge in [0.1, 0.15) is 0 Å². The first kappa shape index (κ1) is 13.4. The number of aliphatic carboxylic acids is 1. The maximum absolute atomic E-state index is 11.8. The molecule has 0 aromatic heterocycles. The van der Waals surface area contributed by atoms with Crippen molar-refractivity contribution in [2.45, 2.75) is 19.8 Å². The smallest absolute Gasteiger partial charge is 0.414 e. The number of anilines is 1. The van der Waals surface area contributed by atoms with Gasteiger partial charge in [0.05, 0.1) is 6.61 Å². The van der Waals surface area contributed by atoms with Crippen molar-refractivity contribution < 1.29 is 19.4 Å². The Kier molecular flexibility index (Phi) is 4.04. The summed E-state index contributed by atoms with van der Waals surface area (Å²) >= 11 is 0. The number of rotatable bonds is 4. The van der Waals surface area contributed by atoms with Crippen LogP contribution in [0.5, 0.6) is 0 Å². The third-order valence-electron chi connectivity index (χ3n) is 3.18. The van der Waals surface area contributed by atoms with Crippen LogP contribution in [-0.4, -0.2) is 30.3 Å². The molecule has 2 rings (SSSR count). The number of carbonyl (C=O) groups is 2. The number of carboxylic acid groups (broad SMARTS) is 1. The number of benzene rings is 1. The monoisotopic (exact) mass is 263 g/mol. The second-order valence-corrected chi connectivity index (χ2v) is 4.82. The number of aryl methyl sites for hydroxylation is 1. The second-order valence-electron chi connectivity index (χ2n) is 4.82. The van der Waals surface area contributed by atoms with E-state index in [1.54, 1.807) is 4.90 Å². The third kappa shape index (κ3) is 3.47. The minimum atomic E-state index is -0.820. The van der Waals surface area contributed by atoms with Crippen LogP contribution in [0.3, 0.4) is 0 Å². The van der Waals surface area contributed by atoms with Gasteiger partial charge in [-0.15, -0.1) is 0 Å². The van der Waals surface area contributed by atoms with E-state index in [1.165, 1.54) is 0 Å². The first-order valence-electron chi connectivity index (χ1n) is 6.29. The van der Waals surface area contributed by atoms with E-state index in [2.05, 4.69) is 0 Å². The Morgan fingerprint density at radius 3 is 3.00 bits per heavy atom. The zero-order chi connectivity index (χ0) is 13.8.